The lowest BCUT2D eigenvalue weighted by molar-refractivity contribution is 0.0934. The zero-order chi connectivity index (χ0) is 13.9. The SMILES string of the molecule is Nc1cnccc1C(=O)NC1CCc2ccccc2C1. The van der Waals surface area contributed by atoms with E-state index in [4.69, 9.17) is 5.73 Å². The van der Waals surface area contributed by atoms with Gasteiger partial charge in [0.25, 0.3) is 5.91 Å². The summed E-state index contributed by atoms with van der Waals surface area (Å²) < 4.78 is 0. The van der Waals surface area contributed by atoms with Gasteiger partial charge in [-0.15, -0.1) is 0 Å². The van der Waals surface area contributed by atoms with Crippen LogP contribution in [0.3, 0.4) is 0 Å². The second kappa shape index (κ2) is 5.33. The Hall–Kier alpha value is -2.36. The Morgan fingerprint density at radius 2 is 2.05 bits per heavy atom. The van der Waals surface area contributed by atoms with Gasteiger partial charge < -0.3 is 11.1 Å². The fourth-order valence-electron chi connectivity index (χ4n) is 2.70. The van der Waals surface area contributed by atoms with E-state index in [1.165, 1.54) is 17.3 Å². The van der Waals surface area contributed by atoms with Crippen LogP contribution in [-0.4, -0.2) is 16.9 Å². The molecule has 20 heavy (non-hydrogen) atoms. The Balaban J connectivity index is 1.71. The maximum Gasteiger partial charge on any atom is 0.253 e. The van der Waals surface area contributed by atoms with Crippen molar-refractivity contribution >= 4 is 11.6 Å². The maximum atomic E-state index is 12.2. The first-order valence-corrected chi connectivity index (χ1v) is 6.81. The van der Waals surface area contributed by atoms with Crippen LogP contribution in [0.4, 0.5) is 5.69 Å². The van der Waals surface area contributed by atoms with Crippen LogP contribution in [0.5, 0.6) is 0 Å². The van der Waals surface area contributed by atoms with Crippen molar-refractivity contribution in [2.24, 2.45) is 0 Å². The lowest BCUT2D eigenvalue weighted by atomic mass is 9.88. The molecule has 1 aliphatic rings. The molecular formula is C16H17N3O. The van der Waals surface area contributed by atoms with Crippen molar-refractivity contribution < 1.29 is 4.79 Å². The first-order chi connectivity index (χ1) is 9.74. The van der Waals surface area contributed by atoms with Gasteiger partial charge in [0.05, 0.1) is 17.4 Å². The van der Waals surface area contributed by atoms with Crippen molar-refractivity contribution in [1.82, 2.24) is 10.3 Å². The van der Waals surface area contributed by atoms with E-state index in [1.807, 2.05) is 6.07 Å². The smallest absolute Gasteiger partial charge is 0.253 e. The summed E-state index contributed by atoms with van der Waals surface area (Å²) in [6.45, 7) is 0. The molecule has 4 nitrogen and oxygen atoms in total. The van der Waals surface area contributed by atoms with Gasteiger partial charge in [-0.05, 0) is 36.5 Å². The minimum absolute atomic E-state index is 0.116. The van der Waals surface area contributed by atoms with Gasteiger partial charge in [0.2, 0.25) is 0 Å². The van der Waals surface area contributed by atoms with Gasteiger partial charge in [-0.25, -0.2) is 0 Å². The summed E-state index contributed by atoms with van der Waals surface area (Å²) in [6, 6.07) is 10.2. The molecule has 1 aromatic heterocycles. The predicted molar refractivity (Wildman–Crippen MR) is 78.4 cm³/mol. The van der Waals surface area contributed by atoms with Crippen molar-refractivity contribution in [3.05, 3.63) is 59.4 Å². The molecule has 0 saturated heterocycles. The second-order valence-corrected chi connectivity index (χ2v) is 5.14. The Labute approximate surface area is 118 Å². The van der Waals surface area contributed by atoms with Crippen LogP contribution >= 0.6 is 0 Å². The molecule has 0 spiro atoms. The van der Waals surface area contributed by atoms with Crippen molar-refractivity contribution in [1.29, 1.82) is 0 Å². The number of nitrogen functional groups attached to an aromatic ring is 1. The molecule has 1 amide bonds. The number of benzene rings is 1. The second-order valence-electron chi connectivity index (χ2n) is 5.14. The minimum Gasteiger partial charge on any atom is -0.397 e. The van der Waals surface area contributed by atoms with E-state index in [0.717, 1.165) is 19.3 Å². The summed E-state index contributed by atoms with van der Waals surface area (Å²) in [6.07, 6.45) is 5.94. The van der Waals surface area contributed by atoms with Gasteiger partial charge in [0.15, 0.2) is 0 Å². The molecular weight excluding hydrogens is 250 g/mol. The van der Waals surface area contributed by atoms with Crippen LogP contribution < -0.4 is 11.1 Å². The van der Waals surface area contributed by atoms with Crippen molar-refractivity contribution in [2.75, 3.05) is 5.73 Å². The number of hydrogen-bond acceptors (Lipinski definition) is 3. The lowest BCUT2D eigenvalue weighted by Crippen LogP contribution is -2.39. The Kier molecular flexibility index (Phi) is 3.37. The number of nitrogens with one attached hydrogen (secondary N) is 1. The third-order valence-corrected chi connectivity index (χ3v) is 3.78. The van der Waals surface area contributed by atoms with Crippen LogP contribution in [0.25, 0.3) is 0 Å². The molecule has 4 heteroatoms. The maximum absolute atomic E-state index is 12.2. The number of nitrogens with zero attached hydrogens (tertiary/aromatic N) is 1. The fourth-order valence-corrected chi connectivity index (χ4v) is 2.70. The summed E-state index contributed by atoms with van der Waals surface area (Å²) in [5, 5.41) is 3.07. The normalized spacial score (nSPS) is 17.3. The van der Waals surface area contributed by atoms with Gasteiger partial charge >= 0.3 is 0 Å². The highest BCUT2D eigenvalue weighted by Gasteiger charge is 2.21. The predicted octanol–water partition coefficient (Wildman–Crippen LogP) is 1.95. The number of aromatic nitrogens is 1. The lowest BCUT2D eigenvalue weighted by Gasteiger charge is -2.25. The van der Waals surface area contributed by atoms with Gasteiger partial charge in [-0.1, -0.05) is 24.3 Å². The van der Waals surface area contributed by atoms with E-state index in [0.29, 0.717) is 11.3 Å². The number of carbonyl (C=O) groups excluding carboxylic acids is 1. The number of amides is 1. The van der Waals surface area contributed by atoms with E-state index in [1.54, 1.807) is 12.3 Å². The van der Waals surface area contributed by atoms with Crippen molar-refractivity contribution in [2.45, 2.75) is 25.3 Å². The van der Waals surface area contributed by atoms with E-state index in [2.05, 4.69) is 28.5 Å². The number of rotatable bonds is 2. The molecule has 0 radical (unpaired) electrons. The molecule has 1 unspecified atom stereocenters. The van der Waals surface area contributed by atoms with Gasteiger partial charge in [0, 0.05) is 12.2 Å². The summed E-state index contributed by atoms with van der Waals surface area (Å²) in [5.74, 6) is -0.116. The average molecular weight is 267 g/mol. The topological polar surface area (TPSA) is 68.0 Å². The van der Waals surface area contributed by atoms with Gasteiger partial charge in [-0.3, -0.25) is 9.78 Å². The zero-order valence-corrected chi connectivity index (χ0v) is 11.2. The van der Waals surface area contributed by atoms with E-state index in [9.17, 15) is 4.79 Å². The van der Waals surface area contributed by atoms with Crippen molar-refractivity contribution in [3.63, 3.8) is 0 Å². The Bertz CT molecular complexity index is 639. The van der Waals surface area contributed by atoms with Gasteiger partial charge in [0.1, 0.15) is 0 Å². The standard InChI is InChI=1S/C16H17N3O/c17-15-10-18-8-7-14(15)16(20)19-13-6-5-11-3-1-2-4-12(11)9-13/h1-4,7-8,10,13H,5-6,9,17H2,(H,19,20). The first-order valence-electron chi connectivity index (χ1n) is 6.81. The summed E-state index contributed by atoms with van der Waals surface area (Å²) in [4.78, 5) is 16.1. The molecule has 0 bridgehead atoms. The van der Waals surface area contributed by atoms with Crippen LogP contribution in [-0.2, 0) is 12.8 Å². The third kappa shape index (κ3) is 2.50. The molecule has 3 rings (SSSR count). The van der Waals surface area contributed by atoms with Gasteiger partial charge in [-0.2, -0.15) is 0 Å². The number of aryl methyl sites for hydroxylation is 1. The molecule has 1 aliphatic carbocycles. The quantitative estimate of drug-likeness (QED) is 0.874. The van der Waals surface area contributed by atoms with Crippen LogP contribution in [0, 0.1) is 0 Å². The number of fused-ring (bicyclic) bond motifs is 1. The van der Waals surface area contributed by atoms with Crippen LogP contribution in [0.15, 0.2) is 42.7 Å². The van der Waals surface area contributed by atoms with E-state index < -0.39 is 0 Å². The molecule has 0 fully saturated rings. The number of hydrogen-bond donors (Lipinski definition) is 2. The summed E-state index contributed by atoms with van der Waals surface area (Å²) in [7, 11) is 0. The number of anilines is 1. The average Bonchev–Trinajstić information content (AvgIpc) is 2.47. The summed E-state index contributed by atoms with van der Waals surface area (Å²) in [5.41, 5.74) is 9.41. The van der Waals surface area contributed by atoms with Crippen LogP contribution in [0.1, 0.15) is 27.9 Å². The van der Waals surface area contributed by atoms with Crippen LogP contribution in [0.2, 0.25) is 0 Å². The molecule has 0 aliphatic heterocycles. The third-order valence-electron chi connectivity index (χ3n) is 3.78. The largest absolute Gasteiger partial charge is 0.397 e. The minimum atomic E-state index is -0.116. The molecule has 1 aromatic carbocycles. The highest BCUT2D eigenvalue weighted by atomic mass is 16.1. The first kappa shape index (κ1) is 12.7. The highest BCUT2D eigenvalue weighted by Crippen LogP contribution is 2.21. The monoisotopic (exact) mass is 267 g/mol. The molecule has 1 atom stereocenters. The molecule has 2 aromatic rings. The highest BCUT2D eigenvalue weighted by molar-refractivity contribution is 5.99. The molecule has 102 valence electrons. The number of carbonyl (C=O) groups is 1. The Morgan fingerprint density at radius 1 is 1.25 bits per heavy atom. The van der Waals surface area contributed by atoms with E-state index >= 15 is 0 Å². The number of nitrogens with two attached hydrogens (primary N) is 1. The van der Waals surface area contributed by atoms with Crippen molar-refractivity contribution in [3.8, 4) is 0 Å². The Morgan fingerprint density at radius 3 is 2.85 bits per heavy atom. The fraction of sp³-hybridized carbons (Fsp3) is 0.250. The summed E-state index contributed by atoms with van der Waals surface area (Å²) >= 11 is 0. The molecule has 0 saturated carbocycles. The number of pyridine rings is 1. The van der Waals surface area contributed by atoms with E-state index in [-0.39, 0.29) is 11.9 Å². The zero-order valence-electron chi connectivity index (χ0n) is 11.2. The molecule has 3 N–H and O–H groups in total. The molecule has 1 heterocycles.